The van der Waals surface area contributed by atoms with Gasteiger partial charge in [-0.05, 0) is 51.8 Å². The molecular formula is C26H39N5O5. The average Bonchev–Trinajstić information content (AvgIpc) is 3.06. The number of rotatable bonds is 6. The first-order valence-electron chi connectivity index (χ1n) is 12.4. The van der Waals surface area contributed by atoms with Gasteiger partial charge >= 0.3 is 18.0 Å². The Labute approximate surface area is 213 Å². The molecule has 1 aromatic rings. The molecule has 1 atom stereocenters. The lowest BCUT2D eigenvalue weighted by Gasteiger charge is -2.36. The molecule has 10 heteroatoms. The molecule has 0 spiro atoms. The van der Waals surface area contributed by atoms with Gasteiger partial charge < -0.3 is 25.0 Å². The van der Waals surface area contributed by atoms with Crippen molar-refractivity contribution in [2.75, 3.05) is 53.5 Å². The first kappa shape index (κ1) is 27.3. The number of amides is 4. The van der Waals surface area contributed by atoms with Crippen molar-refractivity contribution >= 4 is 18.0 Å². The number of nitrogens with zero attached hydrogens (tertiary/aromatic N) is 3. The highest BCUT2D eigenvalue weighted by Gasteiger charge is 2.37. The van der Waals surface area contributed by atoms with Crippen molar-refractivity contribution < 1.29 is 23.9 Å². The Balaban J connectivity index is 1.88. The van der Waals surface area contributed by atoms with Gasteiger partial charge in [-0.1, -0.05) is 12.1 Å². The summed E-state index contributed by atoms with van der Waals surface area (Å²) >= 11 is 0. The van der Waals surface area contributed by atoms with E-state index in [1.807, 2.05) is 37.8 Å². The number of nitrogens with one attached hydrogen (secondary N) is 2. The van der Waals surface area contributed by atoms with Gasteiger partial charge in [0.1, 0.15) is 5.75 Å². The van der Waals surface area contributed by atoms with Gasteiger partial charge in [0.25, 0.3) is 0 Å². The van der Waals surface area contributed by atoms with Crippen LogP contribution in [0.5, 0.6) is 5.75 Å². The number of esters is 1. The lowest BCUT2D eigenvalue weighted by molar-refractivity contribution is -0.139. The molecule has 3 rings (SSSR count). The van der Waals surface area contributed by atoms with Crippen LogP contribution in [0.3, 0.4) is 0 Å². The summed E-state index contributed by atoms with van der Waals surface area (Å²) in [5, 5.41) is 5.96. The second kappa shape index (κ2) is 11.6. The maximum absolute atomic E-state index is 13.2. The van der Waals surface area contributed by atoms with Gasteiger partial charge in [-0.3, -0.25) is 9.80 Å². The van der Waals surface area contributed by atoms with E-state index >= 15 is 0 Å². The summed E-state index contributed by atoms with van der Waals surface area (Å²) in [6.45, 7) is 10.8. The minimum atomic E-state index is -0.644. The quantitative estimate of drug-likeness (QED) is 0.581. The van der Waals surface area contributed by atoms with Crippen LogP contribution in [0.1, 0.15) is 45.7 Å². The molecule has 36 heavy (non-hydrogen) atoms. The lowest BCUT2D eigenvalue weighted by Crippen LogP contribution is -2.50. The molecule has 0 radical (unpaired) electrons. The third-order valence-electron chi connectivity index (χ3n) is 6.25. The standard InChI is InChI=1S/C26H39N5O5/c1-7-36-23(32)21-20(17-30-13-8-14-31(16-15-30)25(34)28-26(2,3)4)29(5)24(33)27-22(21)18-9-11-19(35-6)12-10-18/h9-12,22H,7-8,13-17H2,1-6H3,(H,27,33)(H,28,34). The van der Waals surface area contributed by atoms with Crippen LogP contribution in [0, 0.1) is 0 Å². The summed E-state index contributed by atoms with van der Waals surface area (Å²) in [7, 11) is 3.25. The molecule has 1 fully saturated rings. The predicted octanol–water partition coefficient (Wildman–Crippen LogP) is 2.72. The maximum Gasteiger partial charge on any atom is 0.338 e. The van der Waals surface area contributed by atoms with E-state index in [2.05, 4.69) is 15.5 Å². The van der Waals surface area contributed by atoms with E-state index in [4.69, 9.17) is 9.47 Å². The lowest BCUT2D eigenvalue weighted by atomic mass is 9.94. The van der Waals surface area contributed by atoms with Crippen molar-refractivity contribution in [3.05, 3.63) is 41.1 Å². The number of likely N-dealkylation sites (N-methyl/N-ethyl adjacent to an activating group) is 1. The van der Waals surface area contributed by atoms with Gasteiger partial charge in [-0.15, -0.1) is 0 Å². The molecule has 198 valence electrons. The smallest absolute Gasteiger partial charge is 0.338 e. The van der Waals surface area contributed by atoms with E-state index in [-0.39, 0.29) is 24.2 Å². The fourth-order valence-electron chi connectivity index (χ4n) is 4.39. The van der Waals surface area contributed by atoms with Crippen molar-refractivity contribution in [2.24, 2.45) is 0 Å². The molecule has 4 amide bonds. The number of carbonyl (C=O) groups is 3. The molecular weight excluding hydrogens is 462 g/mol. The number of methoxy groups -OCH3 is 1. The first-order chi connectivity index (χ1) is 17.0. The van der Waals surface area contributed by atoms with Crippen molar-refractivity contribution in [1.29, 1.82) is 0 Å². The van der Waals surface area contributed by atoms with Crippen molar-refractivity contribution in [3.63, 3.8) is 0 Å². The van der Waals surface area contributed by atoms with E-state index in [1.165, 1.54) is 4.90 Å². The molecule has 0 aromatic heterocycles. The molecule has 1 aromatic carbocycles. The summed E-state index contributed by atoms with van der Waals surface area (Å²) < 4.78 is 10.7. The maximum atomic E-state index is 13.2. The van der Waals surface area contributed by atoms with Crippen LogP contribution in [0.15, 0.2) is 35.5 Å². The zero-order valence-electron chi connectivity index (χ0n) is 22.2. The summed E-state index contributed by atoms with van der Waals surface area (Å²) in [6, 6.07) is 6.26. The Morgan fingerprint density at radius 1 is 1.11 bits per heavy atom. The van der Waals surface area contributed by atoms with Gasteiger partial charge in [0.05, 0.1) is 25.3 Å². The Hall–Kier alpha value is -3.27. The topological polar surface area (TPSA) is 103 Å². The molecule has 0 saturated carbocycles. The molecule has 2 heterocycles. The van der Waals surface area contributed by atoms with Crippen molar-refractivity contribution in [2.45, 2.75) is 45.7 Å². The van der Waals surface area contributed by atoms with Crippen LogP contribution < -0.4 is 15.4 Å². The Morgan fingerprint density at radius 3 is 2.42 bits per heavy atom. The Morgan fingerprint density at radius 2 is 1.81 bits per heavy atom. The number of ether oxygens (including phenoxy) is 2. The van der Waals surface area contributed by atoms with E-state index in [0.717, 1.165) is 18.5 Å². The van der Waals surface area contributed by atoms with E-state index in [0.29, 0.717) is 43.2 Å². The van der Waals surface area contributed by atoms with Gasteiger partial charge in [-0.25, -0.2) is 14.4 Å². The van der Waals surface area contributed by atoms with Crippen LogP contribution in [-0.2, 0) is 9.53 Å². The van der Waals surface area contributed by atoms with Crippen LogP contribution in [-0.4, -0.2) is 91.8 Å². The number of carbonyl (C=O) groups excluding carboxylic acids is 3. The SMILES string of the molecule is CCOC(=O)C1=C(CN2CCCN(C(=O)NC(C)(C)C)CC2)N(C)C(=O)NC1c1ccc(OC)cc1. The normalized spacial score (nSPS) is 19.5. The predicted molar refractivity (Wildman–Crippen MR) is 137 cm³/mol. The minimum absolute atomic E-state index is 0.0792. The number of benzene rings is 1. The molecule has 10 nitrogen and oxygen atoms in total. The molecule has 2 N–H and O–H groups in total. The molecule has 2 aliphatic rings. The summed E-state index contributed by atoms with van der Waals surface area (Å²) in [5.74, 6) is 0.227. The summed E-state index contributed by atoms with van der Waals surface area (Å²) in [6.07, 6.45) is 0.789. The number of urea groups is 2. The Kier molecular flexibility index (Phi) is 8.84. The highest BCUT2D eigenvalue weighted by Crippen LogP contribution is 2.32. The highest BCUT2D eigenvalue weighted by atomic mass is 16.5. The van der Waals surface area contributed by atoms with Gasteiger partial charge in [-0.2, -0.15) is 0 Å². The van der Waals surface area contributed by atoms with Crippen molar-refractivity contribution in [1.82, 2.24) is 25.3 Å². The van der Waals surface area contributed by atoms with Crippen LogP contribution in [0.4, 0.5) is 9.59 Å². The molecule has 0 bridgehead atoms. The third-order valence-corrected chi connectivity index (χ3v) is 6.25. The summed E-state index contributed by atoms with van der Waals surface area (Å²) in [5.41, 5.74) is 1.47. The minimum Gasteiger partial charge on any atom is -0.497 e. The van der Waals surface area contributed by atoms with Gasteiger partial charge in [0.2, 0.25) is 0 Å². The zero-order chi connectivity index (χ0) is 26.5. The molecule has 1 saturated heterocycles. The number of hydrogen-bond acceptors (Lipinski definition) is 6. The van der Waals surface area contributed by atoms with E-state index in [1.54, 1.807) is 33.2 Å². The first-order valence-corrected chi connectivity index (χ1v) is 12.4. The van der Waals surface area contributed by atoms with Crippen LogP contribution in [0.25, 0.3) is 0 Å². The summed E-state index contributed by atoms with van der Waals surface area (Å²) in [4.78, 5) is 44.3. The van der Waals surface area contributed by atoms with Crippen molar-refractivity contribution in [3.8, 4) is 5.75 Å². The van der Waals surface area contributed by atoms with E-state index < -0.39 is 12.0 Å². The highest BCUT2D eigenvalue weighted by molar-refractivity contribution is 5.95. The second-order valence-electron chi connectivity index (χ2n) is 10.1. The van der Waals surface area contributed by atoms with Crippen LogP contribution in [0.2, 0.25) is 0 Å². The number of hydrogen-bond donors (Lipinski definition) is 2. The molecule has 0 aliphatic carbocycles. The van der Waals surface area contributed by atoms with Gasteiger partial charge in [0.15, 0.2) is 0 Å². The Bertz CT molecular complexity index is 985. The average molecular weight is 502 g/mol. The van der Waals surface area contributed by atoms with Gasteiger partial charge in [0, 0.05) is 51.0 Å². The largest absolute Gasteiger partial charge is 0.497 e. The second-order valence-corrected chi connectivity index (χ2v) is 10.1. The van der Waals surface area contributed by atoms with Crippen LogP contribution >= 0.6 is 0 Å². The fraction of sp³-hybridized carbons (Fsp3) is 0.577. The monoisotopic (exact) mass is 501 g/mol. The molecule has 2 aliphatic heterocycles. The third kappa shape index (κ3) is 6.69. The zero-order valence-corrected chi connectivity index (χ0v) is 22.2. The van der Waals surface area contributed by atoms with E-state index in [9.17, 15) is 14.4 Å². The fourth-order valence-corrected chi connectivity index (χ4v) is 4.39. The molecule has 1 unspecified atom stereocenters.